The lowest BCUT2D eigenvalue weighted by Gasteiger charge is -2.36. The molecule has 0 bridgehead atoms. The first kappa shape index (κ1) is 19.6. The highest BCUT2D eigenvalue weighted by atomic mass is 35.5. The van der Waals surface area contributed by atoms with E-state index in [0.717, 1.165) is 28.9 Å². The Morgan fingerprint density at radius 1 is 1.10 bits per heavy atom. The first-order valence-electron chi connectivity index (χ1n) is 9.43. The summed E-state index contributed by atoms with van der Waals surface area (Å²) >= 11 is 11.6. The van der Waals surface area contributed by atoms with Gasteiger partial charge in [0.15, 0.2) is 5.11 Å². The van der Waals surface area contributed by atoms with Crippen molar-refractivity contribution < 1.29 is 4.52 Å². The van der Waals surface area contributed by atoms with E-state index in [1.54, 1.807) is 0 Å². The van der Waals surface area contributed by atoms with Gasteiger partial charge in [-0.3, -0.25) is 0 Å². The second-order valence-electron chi connectivity index (χ2n) is 6.97. The van der Waals surface area contributed by atoms with Gasteiger partial charge in [-0.25, -0.2) is 0 Å². The van der Waals surface area contributed by atoms with Crippen LogP contribution in [-0.2, 0) is 0 Å². The molecule has 0 radical (unpaired) electrons. The fraction of sp³-hybridized carbons (Fsp3) is 0.227. The van der Waals surface area contributed by atoms with Gasteiger partial charge >= 0.3 is 0 Å². The maximum absolute atomic E-state index is 5.99. The standard InChI is InChI=1S/C22H21ClN4OS/c1-4-27-14(3)18(19(24-22(27)29)15-7-5-13(2)6-8-15)21-25-20(26-28-21)16-9-11-17(23)12-10-16/h5-12,19H,4H2,1-3H3,(H,24,29). The molecule has 5 nitrogen and oxygen atoms in total. The SMILES string of the molecule is CCN1C(=S)NC(c2ccc(C)cc2)C(c2nc(-c3ccc(Cl)cc3)no2)=C1C. The molecule has 0 saturated carbocycles. The van der Waals surface area contributed by atoms with E-state index in [4.69, 9.17) is 28.3 Å². The summed E-state index contributed by atoms with van der Waals surface area (Å²) in [4.78, 5) is 6.73. The van der Waals surface area contributed by atoms with E-state index in [1.807, 2.05) is 36.1 Å². The van der Waals surface area contributed by atoms with Gasteiger partial charge < -0.3 is 14.7 Å². The van der Waals surface area contributed by atoms with Crippen molar-refractivity contribution >= 4 is 34.5 Å². The molecule has 1 aliphatic heterocycles. The number of allylic oxidation sites excluding steroid dienone is 1. The third kappa shape index (κ3) is 3.78. The molecule has 1 atom stereocenters. The molecular formula is C22H21ClN4OS. The highest BCUT2D eigenvalue weighted by Crippen LogP contribution is 2.37. The van der Waals surface area contributed by atoms with E-state index in [2.05, 4.69) is 53.6 Å². The Kier molecular flexibility index (Phi) is 5.39. The van der Waals surface area contributed by atoms with Crippen molar-refractivity contribution in [3.8, 4) is 11.4 Å². The summed E-state index contributed by atoms with van der Waals surface area (Å²) in [5, 5.41) is 9.00. The zero-order valence-corrected chi connectivity index (χ0v) is 18.0. The van der Waals surface area contributed by atoms with Crippen molar-refractivity contribution in [1.82, 2.24) is 20.4 Å². The Balaban J connectivity index is 1.80. The molecule has 4 rings (SSSR count). The summed E-state index contributed by atoms with van der Waals surface area (Å²) in [6.07, 6.45) is 0. The van der Waals surface area contributed by atoms with Crippen LogP contribution >= 0.6 is 23.8 Å². The van der Waals surface area contributed by atoms with Crippen molar-refractivity contribution in [3.63, 3.8) is 0 Å². The first-order chi connectivity index (χ1) is 14.0. The molecule has 7 heteroatoms. The fourth-order valence-electron chi connectivity index (χ4n) is 3.50. The fourth-order valence-corrected chi connectivity index (χ4v) is 4.01. The van der Waals surface area contributed by atoms with Crippen molar-refractivity contribution in [3.05, 3.63) is 76.3 Å². The number of halogens is 1. The first-order valence-corrected chi connectivity index (χ1v) is 10.2. The predicted octanol–water partition coefficient (Wildman–Crippen LogP) is 5.38. The van der Waals surface area contributed by atoms with Crippen molar-refractivity contribution in [2.45, 2.75) is 26.8 Å². The van der Waals surface area contributed by atoms with Gasteiger partial charge in [-0.15, -0.1) is 0 Å². The van der Waals surface area contributed by atoms with Gasteiger partial charge in [-0.1, -0.05) is 46.6 Å². The second kappa shape index (κ2) is 7.97. The third-order valence-corrected chi connectivity index (χ3v) is 5.67. The molecule has 1 aliphatic rings. The molecule has 2 heterocycles. The Morgan fingerprint density at radius 3 is 2.45 bits per heavy atom. The van der Waals surface area contributed by atoms with Gasteiger partial charge in [0.2, 0.25) is 5.82 Å². The molecule has 2 aromatic carbocycles. The van der Waals surface area contributed by atoms with Gasteiger partial charge in [0.1, 0.15) is 0 Å². The summed E-state index contributed by atoms with van der Waals surface area (Å²) in [5.74, 6) is 1.00. The lowest BCUT2D eigenvalue weighted by molar-refractivity contribution is 0.398. The summed E-state index contributed by atoms with van der Waals surface area (Å²) in [7, 11) is 0. The maximum atomic E-state index is 5.99. The van der Waals surface area contributed by atoms with E-state index in [1.165, 1.54) is 5.56 Å². The van der Waals surface area contributed by atoms with Gasteiger partial charge in [0.05, 0.1) is 11.6 Å². The Hall–Kier alpha value is -2.70. The second-order valence-corrected chi connectivity index (χ2v) is 7.79. The zero-order chi connectivity index (χ0) is 20.5. The monoisotopic (exact) mass is 424 g/mol. The molecule has 0 amide bonds. The predicted molar refractivity (Wildman–Crippen MR) is 119 cm³/mol. The van der Waals surface area contributed by atoms with Gasteiger partial charge in [-0.2, -0.15) is 4.98 Å². The molecular weight excluding hydrogens is 404 g/mol. The minimum absolute atomic E-state index is 0.163. The third-order valence-electron chi connectivity index (χ3n) is 5.08. The number of aromatic nitrogens is 2. The maximum Gasteiger partial charge on any atom is 0.258 e. The molecule has 0 saturated heterocycles. The molecule has 29 heavy (non-hydrogen) atoms. The van der Waals surface area contributed by atoms with Gasteiger partial charge in [0.25, 0.3) is 5.89 Å². The van der Waals surface area contributed by atoms with E-state index < -0.39 is 0 Å². The summed E-state index contributed by atoms with van der Waals surface area (Å²) in [6, 6.07) is 15.6. The zero-order valence-electron chi connectivity index (χ0n) is 16.4. The van der Waals surface area contributed by atoms with Gasteiger partial charge in [0, 0.05) is 22.8 Å². The number of rotatable bonds is 4. The minimum Gasteiger partial charge on any atom is -0.351 e. The van der Waals surface area contributed by atoms with Crippen LogP contribution in [0.2, 0.25) is 5.02 Å². The molecule has 148 valence electrons. The quantitative estimate of drug-likeness (QED) is 0.567. The number of benzene rings is 2. The normalized spacial score (nSPS) is 16.9. The topological polar surface area (TPSA) is 54.2 Å². The molecule has 1 N–H and O–H groups in total. The average molecular weight is 425 g/mol. The number of thiocarbonyl (C=S) groups is 1. The van der Waals surface area contributed by atoms with Crippen LogP contribution in [0.25, 0.3) is 17.0 Å². The molecule has 0 spiro atoms. The van der Waals surface area contributed by atoms with Crippen LogP contribution in [-0.4, -0.2) is 26.7 Å². The van der Waals surface area contributed by atoms with E-state index in [0.29, 0.717) is 21.9 Å². The van der Waals surface area contributed by atoms with Crippen LogP contribution in [0.4, 0.5) is 0 Å². The van der Waals surface area contributed by atoms with E-state index in [-0.39, 0.29) is 6.04 Å². The smallest absolute Gasteiger partial charge is 0.258 e. The minimum atomic E-state index is -0.163. The van der Waals surface area contributed by atoms with Crippen molar-refractivity contribution in [2.24, 2.45) is 0 Å². The molecule has 3 aromatic rings. The van der Waals surface area contributed by atoms with E-state index in [9.17, 15) is 0 Å². The molecule has 1 unspecified atom stereocenters. The Bertz CT molecular complexity index is 1070. The van der Waals surface area contributed by atoms with Crippen LogP contribution in [0, 0.1) is 6.92 Å². The van der Waals surface area contributed by atoms with Crippen LogP contribution in [0.1, 0.15) is 36.9 Å². The summed E-state index contributed by atoms with van der Waals surface area (Å²) in [5.41, 5.74) is 5.08. The number of aryl methyl sites for hydroxylation is 1. The average Bonchev–Trinajstić information content (AvgIpc) is 3.18. The number of hydrogen-bond donors (Lipinski definition) is 1. The molecule has 1 aromatic heterocycles. The lowest BCUT2D eigenvalue weighted by atomic mass is 9.94. The van der Waals surface area contributed by atoms with Crippen molar-refractivity contribution in [1.29, 1.82) is 0 Å². The highest BCUT2D eigenvalue weighted by Gasteiger charge is 2.33. The Labute approximate surface area is 180 Å². The lowest BCUT2D eigenvalue weighted by Crippen LogP contribution is -2.45. The Morgan fingerprint density at radius 2 is 1.79 bits per heavy atom. The van der Waals surface area contributed by atoms with Crippen LogP contribution in [0.15, 0.2) is 58.8 Å². The van der Waals surface area contributed by atoms with Crippen LogP contribution in [0.5, 0.6) is 0 Å². The number of nitrogens with zero attached hydrogens (tertiary/aromatic N) is 3. The van der Waals surface area contributed by atoms with Gasteiger partial charge in [-0.05, 0) is 62.8 Å². The summed E-state index contributed by atoms with van der Waals surface area (Å²) in [6.45, 7) is 6.92. The summed E-state index contributed by atoms with van der Waals surface area (Å²) < 4.78 is 5.70. The number of hydrogen-bond acceptors (Lipinski definition) is 4. The van der Waals surface area contributed by atoms with Crippen LogP contribution in [0.3, 0.4) is 0 Å². The number of nitrogens with one attached hydrogen (secondary N) is 1. The molecule has 0 aliphatic carbocycles. The van der Waals surface area contributed by atoms with Crippen LogP contribution < -0.4 is 5.32 Å². The highest BCUT2D eigenvalue weighted by molar-refractivity contribution is 7.80. The van der Waals surface area contributed by atoms with Crippen molar-refractivity contribution in [2.75, 3.05) is 6.54 Å². The largest absolute Gasteiger partial charge is 0.351 e. The molecule has 0 fully saturated rings. The van der Waals surface area contributed by atoms with E-state index >= 15 is 0 Å².